The lowest BCUT2D eigenvalue weighted by atomic mass is 9.95. The minimum absolute atomic E-state index is 0.0829. The van der Waals surface area contributed by atoms with Crippen LogP contribution in [0, 0.1) is 6.92 Å². The van der Waals surface area contributed by atoms with Crippen molar-refractivity contribution < 1.29 is 19.4 Å². The van der Waals surface area contributed by atoms with Crippen LogP contribution in [0.4, 0.5) is 0 Å². The van der Waals surface area contributed by atoms with Gasteiger partial charge in [-0.25, -0.2) is 4.79 Å². The van der Waals surface area contributed by atoms with Gasteiger partial charge in [0.15, 0.2) is 6.61 Å². The minimum atomic E-state index is -1.01. The third-order valence-corrected chi connectivity index (χ3v) is 3.76. The third-order valence-electron chi connectivity index (χ3n) is 3.76. The first-order chi connectivity index (χ1) is 10.1. The second kappa shape index (κ2) is 7.11. The molecule has 0 radical (unpaired) electrons. The van der Waals surface area contributed by atoms with Crippen molar-refractivity contribution >= 4 is 11.9 Å². The van der Waals surface area contributed by atoms with Crippen molar-refractivity contribution in [1.82, 2.24) is 5.32 Å². The van der Waals surface area contributed by atoms with Crippen LogP contribution in [0.5, 0.6) is 5.75 Å². The van der Waals surface area contributed by atoms with Gasteiger partial charge < -0.3 is 15.2 Å². The molecule has 21 heavy (non-hydrogen) atoms. The van der Waals surface area contributed by atoms with E-state index in [0.717, 1.165) is 31.2 Å². The molecular formula is C16H21NO4. The zero-order chi connectivity index (χ0) is 15.2. The van der Waals surface area contributed by atoms with Crippen molar-refractivity contribution in [1.29, 1.82) is 0 Å². The predicted octanol–water partition coefficient (Wildman–Crippen LogP) is 2.52. The van der Waals surface area contributed by atoms with Gasteiger partial charge >= 0.3 is 5.97 Å². The Morgan fingerprint density at radius 1 is 1.29 bits per heavy atom. The normalized spacial score (nSPS) is 15.5. The summed E-state index contributed by atoms with van der Waals surface area (Å²) in [6.45, 7) is 1.74. The van der Waals surface area contributed by atoms with Crippen LogP contribution in [0.1, 0.15) is 48.0 Å². The third kappa shape index (κ3) is 4.48. The molecule has 1 amide bonds. The molecule has 1 aliphatic rings. The lowest BCUT2D eigenvalue weighted by Gasteiger charge is -2.22. The molecular weight excluding hydrogens is 270 g/mol. The topological polar surface area (TPSA) is 75.6 Å². The molecule has 0 aromatic heterocycles. The van der Waals surface area contributed by atoms with Crippen LogP contribution >= 0.6 is 0 Å². The number of carboxylic acids is 1. The van der Waals surface area contributed by atoms with E-state index in [-0.39, 0.29) is 24.1 Å². The van der Waals surface area contributed by atoms with E-state index in [2.05, 4.69) is 5.32 Å². The summed E-state index contributed by atoms with van der Waals surface area (Å²) < 4.78 is 5.46. The average Bonchev–Trinajstić information content (AvgIpc) is 2.47. The standard InChI is InChI=1S/C16H21NO4/c1-11-7-8-12(16(19)20)9-14(11)21-10-15(18)17-13-5-3-2-4-6-13/h7-9,13H,2-6,10H2,1H3,(H,17,18)(H,19,20). The summed E-state index contributed by atoms with van der Waals surface area (Å²) >= 11 is 0. The predicted molar refractivity (Wildman–Crippen MR) is 78.6 cm³/mol. The van der Waals surface area contributed by atoms with Crippen molar-refractivity contribution in [3.63, 3.8) is 0 Å². The minimum Gasteiger partial charge on any atom is -0.483 e. The van der Waals surface area contributed by atoms with Crippen molar-refractivity contribution in [2.24, 2.45) is 0 Å². The smallest absolute Gasteiger partial charge is 0.335 e. The van der Waals surface area contributed by atoms with Crippen LogP contribution in [0.15, 0.2) is 18.2 Å². The lowest BCUT2D eigenvalue weighted by molar-refractivity contribution is -0.124. The average molecular weight is 291 g/mol. The fraction of sp³-hybridized carbons (Fsp3) is 0.500. The summed E-state index contributed by atoms with van der Waals surface area (Å²) in [4.78, 5) is 22.8. The quantitative estimate of drug-likeness (QED) is 0.874. The van der Waals surface area contributed by atoms with Gasteiger partial charge in [0, 0.05) is 6.04 Å². The Kier molecular flexibility index (Phi) is 5.20. The van der Waals surface area contributed by atoms with Crippen LogP contribution in [-0.2, 0) is 4.79 Å². The van der Waals surface area contributed by atoms with Gasteiger partial charge in [-0.3, -0.25) is 4.79 Å². The van der Waals surface area contributed by atoms with Crippen molar-refractivity contribution in [3.05, 3.63) is 29.3 Å². The Bertz CT molecular complexity index is 521. The second-order valence-electron chi connectivity index (χ2n) is 5.48. The van der Waals surface area contributed by atoms with Gasteiger partial charge in [-0.2, -0.15) is 0 Å². The van der Waals surface area contributed by atoms with Crippen LogP contribution in [-0.4, -0.2) is 29.6 Å². The maximum atomic E-state index is 11.9. The summed E-state index contributed by atoms with van der Waals surface area (Å²) in [7, 11) is 0. The number of carbonyl (C=O) groups is 2. The molecule has 1 saturated carbocycles. The first-order valence-corrected chi connectivity index (χ1v) is 7.32. The van der Waals surface area contributed by atoms with E-state index in [9.17, 15) is 9.59 Å². The molecule has 0 aliphatic heterocycles. The molecule has 114 valence electrons. The van der Waals surface area contributed by atoms with Gasteiger partial charge in [-0.1, -0.05) is 25.3 Å². The maximum Gasteiger partial charge on any atom is 0.335 e. The lowest BCUT2D eigenvalue weighted by Crippen LogP contribution is -2.39. The highest BCUT2D eigenvalue weighted by atomic mass is 16.5. The molecule has 0 spiro atoms. The van der Waals surface area contributed by atoms with E-state index in [0.29, 0.717) is 5.75 Å². The Hall–Kier alpha value is -2.04. The van der Waals surface area contributed by atoms with Gasteiger partial charge in [-0.05, 0) is 37.5 Å². The number of carboxylic acid groups (broad SMARTS) is 1. The molecule has 0 saturated heterocycles. The van der Waals surface area contributed by atoms with E-state index in [1.165, 1.54) is 18.6 Å². The first-order valence-electron chi connectivity index (χ1n) is 7.32. The highest BCUT2D eigenvalue weighted by Crippen LogP contribution is 2.20. The molecule has 2 rings (SSSR count). The molecule has 0 heterocycles. The second-order valence-corrected chi connectivity index (χ2v) is 5.48. The molecule has 1 fully saturated rings. The van der Waals surface area contributed by atoms with Crippen molar-refractivity contribution in [3.8, 4) is 5.75 Å². The van der Waals surface area contributed by atoms with Crippen molar-refractivity contribution in [2.75, 3.05) is 6.61 Å². The summed E-state index contributed by atoms with van der Waals surface area (Å²) in [6.07, 6.45) is 5.61. The number of carbonyl (C=O) groups excluding carboxylic acids is 1. The summed E-state index contributed by atoms with van der Waals surface area (Å²) in [5, 5.41) is 11.9. The van der Waals surface area contributed by atoms with Crippen molar-refractivity contribution in [2.45, 2.75) is 45.1 Å². The number of amides is 1. The number of hydrogen-bond acceptors (Lipinski definition) is 3. The van der Waals surface area contributed by atoms with E-state index >= 15 is 0 Å². The molecule has 5 heteroatoms. The van der Waals surface area contributed by atoms with Crippen LogP contribution < -0.4 is 10.1 Å². The highest BCUT2D eigenvalue weighted by Gasteiger charge is 2.16. The number of aromatic carboxylic acids is 1. The monoisotopic (exact) mass is 291 g/mol. The maximum absolute atomic E-state index is 11.9. The first kappa shape index (κ1) is 15.4. The molecule has 0 unspecified atom stereocenters. The number of aryl methyl sites for hydroxylation is 1. The number of rotatable bonds is 5. The largest absolute Gasteiger partial charge is 0.483 e. The summed E-state index contributed by atoms with van der Waals surface area (Å²) in [5.41, 5.74) is 0.966. The molecule has 1 aromatic carbocycles. The number of benzene rings is 1. The van der Waals surface area contributed by atoms with E-state index < -0.39 is 5.97 Å². The van der Waals surface area contributed by atoms with E-state index in [1.54, 1.807) is 6.07 Å². The number of ether oxygens (including phenoxy) is 1. The Morgan fingerprint density at radius 3 is 2.67 bits per heavy atom. The highest BCUT2D eigenvalue weighted by molar-refractivity contribution is 5.88. The SMILES string of the molecule is Cc1ccc(C(=O)O)cc1OCC(=O)NC1CCCCC1. The van der Waals surface area contributed by atoms with E-state index in [4.69, 9.17) is 9.84 Å². The summed E-state index contributed by atoms with van der Waals surface area (Å²) in [6, 6.07) is 4.90. The van der Waals surface area contributed by atoms with Crippen LogP contribution in [0.2, 0.25) is 0 Å². The summed E-state index contributed by atoms with van der Waals surface area (Å²) in [5.74, 6) is -0.720. The fourth-order valence-corrected chi connectivity index (χ4v) is 2.55. The van der Waals surface area contributed by atoms with Crippen LogP contribution in [0.3, 0.4) is 0 Å². The zero-order valence-corrected chi connectivity index (χ0v) is 12.2. The molecule has 0 atom stereocenters. The molecule has 1 aromatic rings. The van der Waals surface area contributed by atoms with Gasteiger partial charge in [-0.15, -0.1) is 0 Å². The Morgan fingerprint density at radius 2 is 2.00 bits per heavy atom. The van der Waals surface area contributed by atoms with Crippen LogP contribution in [0.25, 0.3) is 0 Å². The van der Waals surface area contributed by atoms with Gasteiger partial charge in [0.05, 0.1) is 5.56 Å². The van der Waals surface area contributed by atoms with Gasteiger partial charge in [0.1, 0.15) is 5.75 Å². The molecule has 1 aliphatic carbocycles. The number of nitrogens with one attached hydrogen (secondary N) is 1. The Labute approximate surface area is 124 Å². The zero-order valence-electron chi connectivity index (χ0n) is 12.2. The van der Waals surface area contributed by atoms with Gasteiger partial charge in [0.25, 0.3) is 5.91 Å². The Balaban J connectivity index is 1.88. The fourth-order valence-electron chi connectivity index (χ4n) is 2.55. The van der Waals surface area contributed by atoms with Gasteiger partial charge in [0.2, 0.25) is 0 Å². The molecule has 2 N–H and O–H groups in total. The molecule has 5 nitrogen and oxygen atoms in total. The van der Waals surface area contributed by atoms with E-state index in [1.807, 2.05) is 6.92 Å². The molecule has 0 bridgehead atoms. The number of hydrogen-bond donors (Lipinski definition) is 2.